The molecule has 0 bridgehead atoms. The van der Waals surface area contributed by atoms with Crippen molar-refractivity contribution in [2.45, 2.75) is 39.2 Å². The van der Waals surface area contributed by atoms with Gasteiger partial charge in [0.1, 0.15) is 5.76 Å². The van der Waals surface area contributed by atoms with Crippen LogP contribution in [0.3, 0.4) is 0 Å². The lowest BCUT2D eigenvalue weighted by atomic mass is 9.91. The number of carbonyl (C=O) groups excluding carboxylic acids is 1. The van der Waals surface area contributed by atoms with Crippen LogP contribution in [0.15, 0.2) is 28.9 Å². The lowest BCUT2D eigenvalue weighted by molar-refractivity contribution is -0.116. The first-order valence-corrected chi connectivity index (χ1v) is 7.28. The molecule has 0 aliphatic carbocycles. The summed E-state index contributed by atoms with van der Waals surface area (Å²) in [6.45, 7) is 5.04. The monoisotopic (exact) mass is 285 g/mol. The molecular weight excluding hydrogens is 266 g/mol. The Hall–Kier alpha value is -2.30. The molecule has 0 aromatic carbocycles. The molecule has 1 aliphatic rings. The van der Waals surface area contributed by atoms with Crippen LogP contribution in [-0.4, -0.2) is 15.7 Å². The van der Waals surface area contributed by atoms with Crippen LogP contribution in [0.4, 0.5) is 5.82 Å². The van der Waals surface area contributed by atoms with Gasteiger partial charge in [-0.15, -0.1) is 0 Å². The first kappa shape index (κ1) is 13.7. The van der Waals surface area contributed by atoms with Crippen LogP contribution in [-0.2, 0) is 11.3 Å². The first-order valence-electron chi connectivity index (χ1n) is 7.28. The number of fused-ring (bicyclic) bond motifs is 1. The quantitative estimate of drug-likeness (QED) is 0.937. The van der Waals surface area contributed by atoms with Crippen molar-refractivity contribution in [3.63, 3.8) is 0 Å². The number of hydrogen-bond donors (Lipinski definition) is 1. The Morgan fingerprint density at radius 3 is 3.14 bits per heavy atom. The minimum Gasteiger partial charge on any atom is -0.465 e. The number of nitrogens with zero attached hydrogens (tertiary/aromatic N) is 2. The predicted octanol–water partition coefficient (Wildman–Crippen LogP) is 3.33. The second-order valence-electron chi connectivity index (χ2n) is 5.30. The molecule has 0 spiro atoms. The first-order chi connectivity index (χ1) is 10.2. The van der Waals surface area contributed by atoms with Crippen molar-refractivity contribution in [2.75, 3.05) is 5.32 Å². The molecule has 1 unspecified atom stereocenters. The van der Waals surface area contributed by atoms with Crippen molar-refractivity contribution in [2.24, 2.45) is 0 Å². The largest absolute Gasteiger partial charge is 0.465 e. The highest BCUT2D eigenvalue weighted by Gasteiger charge is 2.29. The summed E-state index contributed by atoms with van der Waals surface area (Å²) in [6, 6.07) is 3.75. The van der Waals surface area contributed by atoms with Gasteiger partial charge >= 0.3 is 0 Å². The predicted molar refractivity (Wildman–Crippen MR) is 81.0 cm³/mol. The van der Waals surface area contributed by atoms with Crippen LogP contribution < -0.4 is 5.32 Å². The highest BCUT2D eigenvalue weighted by Crippen LogP contribution is 2.35. The van der Waals surface area contributed by atoms with Gasteiger partial charge in [-0.05, 0) is 31.6 Å². The van der Waals surface area contributed by atoms with Gasteiger partial charge in [-0.25, -0.2) is 0 Å². The van der Waals surface area contributed by atoms with Gasteiger partial charge < -0.3 is 9.73 Å². The molecule has 1 atom stereocenters. The van der Waals surface area contributed by atoms with Gasteiger partial charge in [0, 0.05) is 30.1 Å². The van der Waals surface area contributed by atoms with Crippen LogP contribution >= 0.6 is 0 Å². The summed E-state index contributed by atoms with van der Waals surface area (Å²) >= 11 is 0. The van der Waals surface area contributed by atoms with Gasteiger partial charge in [-0.2, -0.15) is 5.10 Å². The summed E-state index contributed by atoms with van der Waals surface area (Å²) in [4.78, 5) is 11.9. The van der Waals surface area contributed by atoms with Crippen LogP contribution in [0, 0.1) is 6.92 Å². The van der Waals surface area contributed by atoms with Crippen LogP contribution in [0.2, 0.25) is 0 Å². The third-order valence-electron chi connectivity index (χ3n) is 3.76. The third-order valence-corrected chi connectivity index (χ3v) is 3.76. The Balaban J connectivity index is 1.94. The standard InChI is InChI=1S/C16H19N3O2/c1-3-8-19-11(2)15-12(6-7-13-5-4-9-21-13)10-14(20)17-16(15)18-19/h4-7,9,12H,3,8,10H2,1-2H3,(H,17,18,20)/b7-6+. The summed E-state index contributed by atoms with van der Waals surface area (Å²) in [5.41, 5.74) is 2.24. The average molecular weight is 285 g/mol. The summed E-state index contributed by atoms with van der Waals surface area (Å²) < 4.78 is 7.28. The normalized spacial score (nSPS) is 18.0. The number of aryl methyl sites for hydroxylation is 1. The highest BCUT2D eigenvalue weighted by molar-refractivity contribution is 5.94. The van der Waals surface area contributed by atoms with Crippen molar-refractivity contribution in [1.29, 1.82) is 0 Å². The maximum absolute atomic E-state index is 11.9. The molecule has 5 nitrogen and oxygen atoms in total. The SMILES string of the molecule is CCCn1nc2c(c1C)C(/C=C/c1ccco1)CC(=O)N2. The lowest BCUT2D eigenvalue weighted by Gasteiger charge is -2.19. The maximum atomic E-state index is 11.9. The van der Waals surface area contributed by atoms with Gasteiger partial charge in [-0.1, -0.05) is 13.0 Å². The van der Waals surface area contributed by atoms with Crippen LogP contribution in [0.1, 0.15) is 42.7 Å². The van der Waals surface area contributed by atoms with Crippen LogP contribution in [0.25, 0.3) is 6.08 Å². The van der Waals surface area contributed by atoms with E-state index in [1.165, 1.54) is 0 Å². The number of furan rings is 1. The molecule has 3 rings (SSSR count). The number of aromatic nitrogens is 2. The molecule has 0 fully saturated rings. The zero-order valence-electron chi connectivity index (χ0n) is 12.3. The number of rotatable bonds is 4. The molecule has 0 saturated heterocycles. The Kier molecular flexibility index (Phi) is 3.64. The second-order valence-corrected chi connectivity index (χ2v) is 5.30. The number of hydrogen-bond acceptors (Lipinski definition) is 3. The fourth-order valence-corrected chi connectivity index (χ4v) is 2.77. The molecule has 5 heteroatoms. The van der Waals surface area contributed by atoms with Gasteiger partial charge in [0.05, 0.1) is 6.26 Å². The van der Waals surface area contributed by atoms with Gasteiger partial charge in [0.25, 0.3) is 0 Å². The number of anilines is 1. The summed E-state index contributed by atoms with van der Waals surface area (Å²) in [6.07, 6.45) is 7.05. The van der Waals surface area contributed by atoms with Gasteiger partial charge in [0.15, 0.2) is 5.82 Å². The molecule has 0 saturated carbocycles. The Labute approximate surface area is 123 Å². The fourth-order valence-electron chi connectivity index (χ4n) is 2.77. The van der Waals surface area contributed by atoms with E-state index in [9.17, 15) is 4.79 Å². The zero-order valence-corrected chi connectivity index (χ0v) is 12.3. The topological polar surface area (TPSA) is 60.1 Å². The van der Waals surface area contributed by atoms with Crippen molar-refractivity contribution in [1.82, 2.24) is 9.78 Å². The summed E-state index contributed by atoms with van der Waals surface area (Å²) in [7, 11) is 0. The molecule has 110 valence electrons. The smallest absolute Gasteiger partial charge is 0.226 e. The molecule has 21 heavy (non-hydrogen) atoms. The molecule has 3 heterocycles. The molecule has 2 aromatic heterocycles. The van der Waals surface area contributed by atoms with E-state index in [2.05, 4.69) is 24.3 Å². The van der Waals surface area contributed by atoms with E-state index in [4.69, 9.17) is 4.42 Å². The lowest BCUT2D eigenvalue weighted by Crippen LogP contribution is -2.21. The minimum absolute atomic E-state index is 0.0118. The zero-order chi connectivity index (χ0) is 14.8. The maximum Gasteiger partial charge on any atom is 0.226 e. The van der Waals surface area contributed by atoms with E-state index in [0.717, 1.165) is 30.0 Å². The third kappa shape index (κ3) is 2.63. The van der Waals surface area contributed by atoms with E-state index in [1.54, 1.807) is 6.26 Å². The van der Waals surface area contributed by atoms with Crippen LogP contribution in [0.5, 0.6) is 0 Å². The van der Waals surface area contributed by atoms with E-state index in [-0.39, 0.29) is 11.8 Å². The van der Waals surface area contributed by atoms with Crippen molar-refractivity contribution in [3.8, 4) is 0 Å². The van der Waals surface area contributed by atoms with Crippen molar-refractivity contribution < 1.29 is 9.21 Å². The Morgan fingerprint density at radius 2 is 2.43 bits per heavy atom. The summed E-state index contributed by atoms with van der Waals surface area (Å²) in [5, 5.41) is 7.39. The fraction of sp³-hybridized carbons (Fsp3) is 0.375. The van der Waals surface area contributed by atoms with E-state index in [1.807, 2.05) is 29.0 Å². The molecule has 1 aliphatic heterocycles. The second kappa shape index (κ2) is 5.60. The number of amides is 1. The van der Waals surface area contributed by atoms with Crippen molar-refractivity contribution in [3.05, 3.63) is 41.5 Å². The Bertz CT molecular complexity index is 668. The van der Waals surface area contributed by atoms with Gasteiger partial charge in [0.2, 0.25) is 5.91 Å². The van der Waals surface area contributed by atoms with E-state index < -0.39 is 0 Å². The minimum atomic E-state index is 0.0118. The molecule has 2 aromatic rings. The van der Waals surface area contributed by atoms with Crippen molar-refractivity contribution >= 4 is 17.8 Å². The van der Waals surface area contributed by atoms with E-state index in [0.29, 0.717) is 12.2 Å². The van der Waals surface area contributed by atoms with E-state index >= 15 is 0 Å². The van der Waals surface area contributed by atoms with Gasteiger partial charge in [-0.3, -0.25) is 9.48 Å². The Morgan fingerprint density at radius 1 is 1.57 bits per heavy atom. The molecule has 1 amide bonds. The average Bonchev–Trinajstić information content (AvgIpc) is 3.06. The summed E-state index contributed by atoms with van der Waals surface area (Å²) in [5.74, 6) is 1.55. The number of nitrogens with one attached hydrogen (secondary N) is 1. The number of allylic oxidation sites excluding steroid dienone is 1. The molecule has 0 radical (unpaired) electrons. The molecule has 1 N–H and O–H groups in total. The molecular formula is C16H19N3O2. The highest BCUT2D eigenvalue weighted by atomic mass is 16.3. The number of carbonyl (C=O) groups is 1.